The Bertz CT molecular complexity index is 964. The van der Waals surface area contributed by atoms with Gasteiger partial charge in [-0.3, -0.25) is 4.72 Å². The van der Waals surface area contributed by atoms with Crippen LogP contribution in [0, 0.1) is 9.39 Å². The average molecular weight is 533 g/mol. The molecule has 0 saturated heterocycles. The number of benzene rings is 2. The van der Waals surface area contributed by atoms with Crippen LogP contribution in [0.3, 0.4) is 0 Å². The number of carbonyl (C=O) groups is 1. The number of hydrogen-bond acceptors (Lipinski definition) is 3. The third-order valence-corrected chi connectivity index (χ3v) is 5.54. The Kier molecular flexibility index (Phi) is 7.50. The second-order valence-electron chi connectivity index (χ2n) is 7.79. The standard InChI is InChI=1S/C20H25FIN3O3S/c1-20(2,3)15-7-5-13(6-8-15)11-23-19(26)24-12-14-9-16(21)18(17(22)10-14)25-29(4,27)28/h5-10,25H,11-12H2,1-4H3,(H2,23,24,26). The molecule has 0 bridgehead atoms. The second kappa shape index (κ2) is 9.29. The lowest BCUT2D eigenvalue weighted by molar-refractivity contribution is 0.240. The van der Waals surface area contributed by atoms with Crippen molar-refractivity contribution in [3.63, 3.8) is 0 Å². The summed E-state index contributed by atoms with van der Waals surface area (Å²) in [6.45, 7) is 6.91. The summed E-state index contributed by atoms with van der Waals surface area (Å²) in [5, 5.41) is 5.43. The zero-order valence-electron chi connectivity index (χ0n) is 16.8. The summed E-state index contributed by atoms with van der Waals surface area (Å²) in [7, 11) is -3.58. The molecule has 0 unspecified atom stereocenters. The molecule has 0 aromatic heterocycles. The van der Waals surface area contributed by atoms with Crippen LogP contribution >= 0.6 is 22.6 Å². The van der Waals surface area contributed by atoms with E-state index in [2.05, 4.69) is 36.1 Å². The molecule has 0 aliphatic carbocycles. The van der Waals surface area contributed by atoms with Crippen LogP contribution in [0.2, 0.25) is 0 Å². The van der Waals surface area contributed by atoms with E-state index in [0.29, 0.717) is 15.7 Å². The van der Waals surface area contributed by atoms with Gasteiger partial charge >= 0.3 is 6.03 Å². The molecule has 0 spiro atoms. The Hall–Kier alpha value is -1.88. The number of sulfonamides is 1. The number of hydrogen-bond donors (Lipinski definition) is 3. The third kappa shape index (κ3) is 7.46. The van der Waals surface area contributed by atoms with E-state index in [1.165, 1.54) is 11.6 Å². The van der Waals surface area contributed by atoms with E-state index in [1.807, 2.05) is 46.9 Å². The van der Waals surface area contributed by atoms with E-state index in [9.17, 15) is 17.6 Å². The molecule has 0 atom stereocenters. The van der Waals surface area contributed by atoms with Crippen molar-refractivity contribution in [2.45, 2.75) is 39.3 Å². The van der Waals surface area contributed by atoms with Gasteiger partial charge in [-0.2, -0.15) is 0 Å². The van der Waals surface area contributed by atoms with Crippen molar-refractivity contribution >= 4 is 44.3 Å². The summed E-state index contributed by atoms with van der Waals surface area (Å²) in [5.74, 6) is -0.696. The highest BCUT2D eigenvalue weighted by molar-refractivity contribution is 14.1. The van der Waals surface area contributed by atoms with E-state index in [1.54, 1.807) is 6.07 Å². The van der Waals surface area contributed by atoms with Crippen molar-refractivity contribution in [2.75, 3.05) is 11.0 Å². The normalized spacial score (nSPS) is 11.8. The van der Waals surface area contributed by atoms with Crippen molar-refractivity contribution < 1.29 is 17.6 Å². The first-order valence-electron chi connectivity index (χ1n) is 8.92. The Morgan fingerprint density at radius 3 is 2.07 bits per heavy atom. The van der Waals surface area contributed by atoms with Crippen LogP contribution in [-0.2, 0) is 28.5 Å². The number of anilines is 1. The number of amides is 2. The van der Waals surface area contributed by atoms with E-state index in [0.717, 1.165) is 11.8 Å². The van der Waals surface area contributed by atoms with Crippen LogP contribution in [0.4, 0.5) is 14.9 Å². The van der Waals surface area contributed by atoms with E-state index >= 15 is 0 Å². The smallest absolute Gasteiger partial charge is 0.315 e. The molecule has 158 valence electrons. The van der Waals surface area contributed by atoms with Crippen molar-refractivity contribution in [2.24, 2.45) is 0 Å². The molecule has 0 aliphatic heterocycles. The highest BCUT2D eigenvalue weighted by Crippen LogP contribution is 2.25. The highest BCUT2D eigenvalue weighted by atomic mass is 127. The molecular weight excluding hydrogens is 508 g/mol. The van der Waals surface area contributed by atoms with Gasteiger partial charge in [-0.25, -0.2) is 17.6 Å². The van der Waals surface area contributed by atoms with Crippen LogP contribution in [0.15, 0.2) is 36.4 Å². The molecule has 0 aliphatic rings. The maximum absolute atomic E-state index is 14.2. The maximum Gasteiger partial charge on any atom is 0.315 e. The number of carbonyl (C=O) groups excluding carboxylic acids is 1. The van der Waals surface area contributed by atoms with E-state index in [4.69, 9.17) is 0 Å². The molecular formula is C20H25FIN3O3S. The molecule has 0 radical (unpaired) electrons. The zero-order chi connectivity index (χ0) is 21.8. The van der Waals surface area contributed by atoms with Gasteiger partial charge in [0.2, 0.25) is 10.0 Å². The number of nitrogens with one attached hydrogen (secondary N) is 3. The lowest BCUT2D eigenvalue weighted by Gasteiger charge is -2.19. The summed E-state index contributed by atoms with van der Waals surface area (Å²) >= 11 is 1.85. The van der Waals surface area contributed by atoms with Gasteiger partial charge in [0.25, 0.3) is 0 Å². The molecule has 0 heterocycles. The van der Waals surface area contributed by atoms with Crippen molar-refractivity contribution in [3.8, 4) is 0 Å². The van der Waals surface area contributed by atoms with Gasteiger partial charge < -0.3 is 10.6 Å². The molecule has 0 fully saturated rings. The topological polar surface area (TPSA) is 87.3 Å². The quantitative estimate of drug-likeness (QED) is 0.489. The largest absolute Gasteiger partial charge is 0.334 e. The predicted molar refractivity (Wildman–Crippen MR) is 122 cm³/mol. The second-order valence-corrected chi connectivity index (χ2v) is 10.7. The minimum absolute atomic E-state index is 0.0719. The Morgan fingerprint density at radius 2 is 1.59 bits per heavy atom. The third-order valence-electron chi connectivity index (χ3n) is 4.12. The summed E-state index contributed by atoms with van der Waals surface area (Å²) in [4.78, 5) is 12.0. The molecule has 29 heavy (non-hydrogen) atoms. The number of rotatable bonds is 6. The average Bonchev–Trinajstić information content (AvgIpc) is 2.60. The highest BCUT2D eigenvalue weighted by Gasteiger charge is 2.14. The molecule has 2 aromatic rings. The first kappa shape index (κ1) is 23.4. The fourth-order valence-electron chi connectivity index (χ4n) is 2.56. The SMILES string of the molecule is CC(C)(C)c1ccc(CNC(=O)NCc2cc(F)c(NS(C)(=O)=O)c(I)c2)cc1. The van der Waals surface area contributed by atoms with Gasteiger partial charge in [0.1, 0.15) is 5.82 Å². The van der Waals surface area contributed by atoms with Crippen molar-refractivity contribution in [1.82, 2.24) is 10.6 Å². The van der Waals surface area contributed by atoms with Crippen LogP contribution in [0.1, 0.15) is 37.5 Å². The van der Waals surface area contributed by atoms with Crippen LogP contribution in [-0.4, -0.2) is 20.7 Å². The van der Waals surface area contributed by atoms with Gasteiger partial charge in [-0.05, 0) is 56.8 Å². The van der Waals surface area contributed by atoms with E-state index < -0.39 is 15.8 Å². The first-order valence-corrected chi connectivity index (χ1v) is 11.9. The van der Waals surface area contributed by atoms with Gasteiger partial charge in [0.05, 0.1) is 11.9 Å². The maximum atomic E-state index is 14.2. The van der Waals surface area contributed by atoms with Crippen LogP contribution in [0.25, 0.3) is 0 Å². The zero-order valence-corrected chi connectivity index (χ0v) is 19.7. The van der Waals surface area contributed by atoms with Crippen molar-refractivity contribution in [3.05, 3.63) is 62.5 Å². The van der Waals surface area contributed by atoms with Crippen LogP contribution < -0.4 is 15.4 Å². The van der Waals surface area contributed by atoms with Crippen molar-refractivity contribution in [1.29, 1.82) is 0 Å². The Morgan fingerprint density at radius 1 is 1.03 bits per heavy atom. The summed E-state index contributed by atoms with van der Waals surface area (Å²) in [6.07, 6.45) is 0.957. The molecule has 0 saturated carbocycles. The number of halogens is 2. The summed E-state index contributed by atoms with van der Waals surface area (Å²) in [6, 6.07) is 10.5. The molecule has 6 nitrogen and oxygen atoms in total. The minimum Gasteiger partial charge on any atom is -0.334 e. The molecule has 2 amide bonds. The lowest BCUT2D eigenvalue weighted by atomic mass is 9.87. The summed E-state index contributed by atoms with van der Waals surface area (Å²) < 4.78 is 39.4. The molecule has 2 aromatic carbocycles. The molecule has 9 heteroatoms. The fraction of sp³-hybridized carbons (Fsp3) is 0.350. The van der Waals surface area contributed by atoms with Gasteiger partial charge in [0.15, 0.2) is 0 Å². The lowest BCUT2D eigenvalue weighted by Crippen LogP contribution is -2.34. The number of urea groups is 1. The van der Waals surface area contributed by atoms with Crippen LogP contribution in [0.5, 0.6) is 0 Å². The molecule has 3 N–H and O–H groups in total. The minimum atomic E-state index is -3.58. The first-order chi connectivity index (χ1) is 13.3. The van der Waals surface area contributed by atoms with E-state index in [-0.39, 0.29) is 23.7 Å². The van der Waals surface area contributed by atoms with Gasteiger partial charge in [-0.15, -0.1) is 0 Å². The predicted octanol–water partition coefficient (Wildman–Crippen LogP) is 4.10. The monoisotopic (exact) mass is 533 g/mol. The fourth-order valence-corrected chi connectivity index (χ4v) is 4.11. The Labute approximate surface area is 184 Å². The Balaban J connectivity index is 1.91. The summed E-state index contributed by atoms with van der Waals surface area (Å²) in [5.41, 5.74) is 2.69. The molecule has 2 rings (SSSR count). The van der Waals surface area contributed by atoms with Gasteiger partial charge in [-0.1, -0.05) is 45.0 Å². The van der Waals surface area contributed by atoms with Gasteiger partial charge in [0, 0.05) is 16.7 Å².